The van der Waals surface area contributed by atoms with Crippen LogP contribution in [-0.2, 0) is 26.6 Å². The fraction of sp³-hybridized carbons (Fsp3) is 0.435. The van der Waals surface area contributed by atoms with Crippen LogP contribution in [0.4, 0.5) is 11.4 Å². The Hall–Kier alpha value is -2.57. The Morgan fingerprint density at radius 1 is 1.14 bits per heavy atom. The van der Waals surface area contributed by atoms with Gasteiger partial charge in [-0.3, -0.25) is 4.79 Å². The van der Waals surface area contributed by atoms with Gasteiger partial charge in [0, 0.05) is 24.3 Å². The lowest BCUT2D eigenvalue weighted by Gasteiger charge is -2.32. The largest absolute Gasteiger partial charge is 0.497 e. The van der Waals surface area contributed by atoms with Crippen molar-refractivity contribution >= 4 is 17.3 Å². The van der Waals surface area contributed by atoms with Crippen molar-refractivity contribution in [3.05, 3.63) is 53.6 Å². The zero-order valence-electron chi connectivity index (χ0n) is 16.6. The fourth-order valence-electron chi connectivity index (χ4n) is 4.05. The lowest BCUT2D eigenvalue weighted by atomic mass is 10.0. The number of anilines is 2. The first-order valence-electron chi connectivity index (χ1n) is 10.3. The first-order chi connectivity index (χ1) is 14.2. The maximum Gasteiger partial charge on any atom is 0.292 e. The lowest BCUT2D eigenvalue weighted by Crippen LogP contribution is -2.47. The van der Waals surface area contributed by atoms with Gasteiger partial charge in [-0.05, 0) is 61.1 Å². The molecule has 1 spiro atoms. The normalized spacial score (nSPS) is 20.0. The number of methoxy groups -OCH3 is 1. The number of benzene rings is 2. The van der Waals surface area contributed by atoms with E-state index < -0.39 is 5.79 Å². The van der Waals surface area contributed by atoms with E-state index in [2.05, 4.69) is 5.32 Å². The third-order valence-electron chi connectivity index (χ3n) is 5.86. The van der Waals surface area contributed by atoms with Gasteiger partial charge in [-0.25, -0.2) is 0 Å². The smallest absolute Gasteiger partial charge is 0.292 e. The molecule has 2 aromatic rings. The molecular formula is C23H26N2O4. The van der Waals surface area contributed by atoms with Crippen molar-refractivity contribution in [3.8, 4) is 5.75 Å². The van der Waals surface area contributed by atoms with E-state index in [1.165, 1.54) is 12.8 Å². The molecule has 0 bridgehead atoms. The van der Waals surface area contributed by atoms with Gasteiger partial charge >= 0.3 is 0 Å². The number of amides is 1. The maximum atomic E-state index is 13.3. The minimum atomic E-state index is -1.28. The molecule has 1 aliphatic carbocycles. The molecule has 2 fully saturated rings. The van der Waals surface area contributed by atoms with Crippen molar-refractivity contribution in [2.75, 3.05) is 37.1 Å². The summed E-state index contributed by atoms with van der Waals surface area (Å²) >= 11 is 0. The van der Waals surface area contributed by atoms with Crippen LogP contribution < -0.4 is 15.0 Å². The number of nitrogens with one attached hydrogen (secondary N) is 1. The van der Waals surface area contributed by atoms with E-state index in [0.717, 1.165) is 41.2 Å². The van der Waals surface area contributed by atoms with Crippen LogP contribution in [0.1, 0.15) is 30.4 Å². The molecule has 5 rings (SSSR count). The van der Waals surface area contributed by atoms with Crippen LogP contribution in [0, 0.1) is 5.92 Å². The molecule has 0 unspecified atom stereocenters. The molecule has 3 aliphatic rings. The van der Waals surface area contributed by atoms with Gasteiger partial charge in [0.05, 0.1) is 26.0 Å². The molecular weight excluding hydrogens is 368 g/mol. The Kier molecular flexibility index (Phi) is 4.68. The molecule has 2 aliphatic heterocycles. The van der Waals surface area contributed by atoms with Crippen LogP contribution in [0.15, 0.2) is 42.5 Å². The van der Waals surface area contributed by atoms with Crippen molar-refractivity contribution in [2.24, 2.45) is 5.92 Å². The summed E-state index contributed by atoms with van der Waals surface area (Å²) in [5.41, 5.74) is 3.83. The number of hydrogen-bond acceptors (Lipinski definition) is 5. The summed E-state index contributed by atoms with van der Waals surface area (Å²) in [5, 5.41) is 3.45. The van der Waals surface area contributed by atoms with Gasteiger partial charge in [-0.15, -0.1) is 0 Å². The Morgan fingerprint density at radius 2 is 1.90 bits per heavy atom. The predicted molar refractivity (Wildman–Crippen MR) is 110 cm³/mol. The van der Waals surface area contributed by atoms with Crippen molar-refractivity contribution in [1.29, 1.82) is 0 Å². The van der Waals surface area contributed by atoms with Gasteiger partial charge in [0.1, 0.15) is 5.75 Å². The lowest BCUT2D eigenvalue weighted by molar-refractivity contribution is -0.256. The zero-order chi connectivity index (χ0) is 19.8. The third-order valence-corrected chi connectivity index (χ3v) is 5.86. The number of rotatable bonds is 6. The van der Waals surface area contributed by atoms with Gasteiger partial charge in [0.15, 0.2) is 0 Å². The Balaban J connectivity index is 1.40. The number of hydrogen-bond donors (Lipinski definition) is 1. The summed E-state index contributed by atoms with van der Waals surface area (Å²) in [6.07, 6.45) is 3.19. The van der Waals surface area contributed by atoms with Crippen LogP contribution in [-0.4, -0.2) is 32.8 Å². The quantitative estimate of drug-likeness (QED) is 0.810. The molecule has 1 saturated heterocycles. The SMILES string of the molecule is COc1ccc(CNc2ccc3c(c2)C2(OCCCO2)C(=O)N3CC2CC2)cc1. The molecule has 6 heteroatoms. The highest BCUT2D eigenvalue weighted by Gasteiger charge is 2.55. The van der Waals surface area contributed by atoms with E-state index >= 15 is 0 Å². The highest BCUT2D eigenvalue weighted by Crippen LogP contribution is 2.47. The molecule has 2 aromatic carbocycles. The second-order valence-electron chi connectivity index (χ2n) is 7.96. The number of nitrogens with zero attached hydrogens (tertiary/aromatic N) is 1. The van der Waals surface area contributed by atoms with Crippen molar-refractivity contribution in [1.82, 2.24) is 0 Å². The Morgan fingerprint density at radius 3 is 2.59 bits per heavy atom. The average Bonchev–Trinajstić information content (AvgIpc) is 3.57. The molecule has 2 heterocycles. The van der Waals surface area contributed by atoms with E-state index in [1.807, 2.05) is 47.4 Å². The maximum absolute atomic E-state index is 13.3. The topological polar surface area (TPSA) is 60.0 Å². The monoisotopic (exact) mass is 394 g/mol. The highest BCUT2D eigenvalue weighted by atomic mass is 16.7. The summed E-state index contributed by atoms with van der Waals surface area (Å²) in [5.74, 6) is 0.0826. The molecule has 152 valence electrons. The first kappa shape index (κ1) is 18.5. The van der Waals surface area contributed by atoms with Gasteiger partial charge in [-0.2, -0.15) is 0 Å². The van der Waals surface area contributed by atoms with Crippen LogP contribution in [0.2, 0.25) is 0 Å². The molecule has 1 amide bonds. The van der Waals surface area contributed by atoms with Crippen LogP contribution >= 0.6 is 0 Å². The van der Waals surface area contributed by atoms with Gasteiger partial charge in [0.25, 0.3) is 11.7 Å². The molecule has 29 heavy (non-hydrogen) atoms. The van der Waals surface area contributed by atoms with Crippen LogP contribution in [0.3, 0.4) is 0 Å². The average molecular weight is 394 g/mol. The standard InChI is InChI=1S/C23H26N2O4/c1-27-19-8-5-16(6-9-19)14-24-18-7-10-21-20(13-18)23(28-11-2-12-29-23)22(26)25(21)15-17-3-4-17/h5-10,13,17,24H,2-4,11-12,14-15H2,1H3. The number of ether oxygens (including phenoxy) is 3. The van der Waals surface area contributed by atoms with E-state index in [-0.39, 0.29) is 5.91 Å². The summed E-state index contributed by atoms with van der Waals surface area (Å²) in [6, 6.07) is 14.0. The van der Waals surface area contributed by atoms with Gasteiger partial charge < -0.3 is 24.4 Å². The molecule has 6 nitrogen and oxygen atoms in total. The third kappa shape index (κ3) is 3.36. The summed E-state index contributed by atoms with van der Waals surface area (Å²) in [7, 11) is 1.66. The second-order valence-corrected chi connectivity index (χ2v) is 7.96. The van der Waals surface area contributed by atoms with E-state index in [0.29, 0.717) is 25.7 Å². The molecule has 0 radical (unpaired) electrons. The summed E-state index contributed by atoms with van der Waals surface area (Å²) < 4.78 is 17.2. The Labute approximate surface area is 170 Å². The predicted octanol–water partition coefficient (Wildman–Crippen LogP) is 3.65. The minimum absolute atomic E-state index is 0.0774. The van der Waals surface area contributed by atoms with Crippen LogP contribution in [0.25, 0.3) is 0 Å². The van der Waals surface area contributed by atoms with Crippen LogP contribution in [0.5, 0.6) is 5.75 Å². The molecule has 0 aromatic heterocycles. The molecule has 1 saturated carbocycles. The van der Waals surface area contributed by atoms with Crippen molar-refractivity contribution in [2.45, 2.75) is 31.6 Å². The number of carbonyl (C=O) groups excluding carboxylic acids is 1. The Bertz CT molecular complexity index is 902. The van der Waals surface area contributed by atoms with E-state index in [9.17, 15) is 4.79 Å². The second kappa shape index (κ2) is 7.35. The van der Waals surface area contributed by atoms with Gasteiger partial charge in [0.2, 0.25) is 0 Å². The molecule has 1 N–H and O–H groups in total. The van der Waals surface area contributed by atoms with E-state index in [4.69, 9.17) is 14.2 Å². The van der Waals surface area contributed by atoms with E-state index in [1.54, 1.807) is 7.11 Å². The highest BCUT2D eigenvalue weighted by molar-refractivity contribution is 6.06. The fourth-order valence-corrected chi connectivity index (χ4v) is 4.05. The minimum Gasteiger partial charge on any atom is -0.497 e. The van der Waals surface area contributed by atoms with Crippen molar-refractivity contribution < 1.29 is 19.0 Å². The number of fused-ring (bicyclic) bond motifs is 2. The summed E-state index contributed by atoms with van der Waals surface area (Å²) in [4.78, 5) is 15.2. The zero-order valence-corrected chi connectivity index (χ0v) is 16.6. The first-order valence-corrected chi connectivity index (χ1v) is 10.3. The molecule has 0 atom stereocenters. The van der Waals surface area contributed by atoms with Gasteiger partial charge in [-0.1, -0.05) is 12.1 Å². The van der Waals surface area contributed by atoms with Crippen molar-refractivity contribution in [3.63, 3.8) is 0 Å². The summed E-state index contributed by atoms with van der Waals surface area (Å²) in [6.45, 7) is 2.49. The number of carbonyl (C=O) groups is 1.